The zero-order valence-corrected chi connectivity index (χ0v) is 16.1. The van der Waals surface area contributed by atoms with E-state index in [1.165, 1.54) is 0 Å². The van der Waals surface area contributed by atoms with Gasteiger partial charge in [0.2, 0.25) is 11.8 Å². The van der Waals surface area contributed by atoms with E-state index in [2.05, 4.69) is 5.32 Å². The number of likely N-dealkylation sites (tertiary alicyclic amines) is 1. The van der Waals surface area contributed by atoms with E-state index in [0.29, 0.717) is 32.7 Å². The second-order valence-electron chi connectivity index (χ2n) is 7.74. The maximum Gasteiger partial charge on any atom is 0.325 e. The molecule has 0 aromatic heterocycles. The fourth-order valence-corrected chi connectivity index (χ4v) is 4.12. The third kappa shape index (κ3) is 3.82. The smallest absolute Gasteiger partial charge is 0.325 e. The number of ether oxygens (including phenoxy) is 1. The topological polar surface area (TPSA) is 99.3 Å². The van der Waals surface area contributed by atoms with Gasteiger partial charge in [-0.2, -0.15) is 0 Å². The number of nitrogens with zero attached hydrogens (tertiary/aromatic N) is 3. The molecule has 3 aliphatic rings. The molecule has 3 heterocycles. The maximum absolute atomic E-state index is 13.3. The Balaban J connectivity index is 1.46. The van der Waals surface area contributed by atoms with Gasteiger partial charge in [-0.3, -0.25) is 19.3 Å². The number of hydrogen-bond acceptors (Lipinski definition) is 5. The van der Waals surface area contributed by atoms with Gasteiger partial charge in [-0.25, -0.2) is 4.79 Å². The second-order valence-corrected chi connectivity index (χ2v) is 7.74. The molecule has 9 nitrogen and oxygen atoms in total. The van der Waals surface area contributed by atoms with Crippen LogP contribution >= 0.6 is 0 Å². The van der Waals surface area contributed by atoms with Gasteiger partial charge in [0.15, 0.2) is 0 Å². The Morgan fingerprint density at radius 1 is 1.03 bits per heavy atom. The summed E-state index contributed by atoms with van der Waals surface area (Å²) in [5, 5.41) is 2.40. The molecule has 5 amide bonds. The lowest BCUT2D eigenvalue weighted by Crippen LogP contribution is -2.67. The van der Waals surface area contributed by atoms with Crippen LogP contribution in [0.3, 0.4) is 0 Å². The number of carbonyl (C=O) groups is 4. The SMILES string of the molecule is O=C(CN1C(=O)CNC1=O)N1CC(Cc2ccccc2)(C(=O)N2CCOCC2)C1. The summed E-state index contributed by atoms with van der Waals surface area (Å²) in [7, 11) is 0. The molecule has 1 aromatic rings. The second kappa shape index (κ2) is 7.82. The molecule has 0 saturated carbocycles. The molecule has 154 valence electrons. The van der Waals surface area contributed by atoms with Crippen molar-refractivity contribution < 1.29 is 23.9 Å². The van der Waals surface area contributed by atoms with Crippen molar-refractivity contribution >= 4 is 23.8 Å². The minimum Gasteiger partial charge on any atom is -0.378 e. The van der Waals surface area contributed by atoms with Crippen LogP contribution in [0.5, 0.6) is 0 Å². The van der Waals surface area contributed by atoms with Crippen molar-refractivity contribution in [2.45, 2.75) is 6.42 Å². The zero-order valence-electron chi connectivity index (χ0n) is 16.1. The van der Waals surface area contributed by atoms with Crippen LogP contribution in [0.25, 0.3) is 0 Å². The van der Waals surface area contributed by atoms with Crippen molar-refractivity contribution in [3.63, 3.8) is 0 Å². The number of benzene rings is 1. The first-order valence-electron chi connectivity index (χ1n) is 9.75. The van der Waals surface area contributed by atoms with Crippen molar-refractivity contribution in [1.29, 1.82) is 0 Å². The number of imide groups is 1. The van der Waals surface area contributed by atoms with Crippen molar-refractivity contribution in [2.75, 3.05) is 52.5 Å². The van der Waals surface area contributed by atoms with Gasteiger partial charge in [-0.1, -0.05) is 30.3 Å². The minimum absolute atomic E-state index is 0.0312. The summed E-state index contributed by atoms with van der Waals surface area (Å²) < 4.78 is 5.35. The van der Waals surface area contributed by atoms with Gasteiger partial charge in [0.1, 0.15) is 6.54 Å². The van der Waals surface area contributed by atoms with Crippen LogP contribution in [0.1, 0.15) is 5.56 Å². The minimum atomic E-state index is -0.689. The van der Waals surface area contributed by atoms with Crippen molar-refractivity contribution in [3.8, 4) is 0 Å². The fraction of sp³-hybridized carbons (Fsp3) is 0.500. The Labute approximate surface area is 168 Å². The molecular weight excluding hydrogens is 376 g/mol. The third-order valence-corrected chi connectivity index (χ3v) is 5.71. The summed E-state index contributed by atoms with van der Waals surface area (Å²) in [5.41, 5.74) is 0.348. The van der Waals surface area contributed by atoms with E-state index in [4.69, 9.17) is 4.74 Å². The van der Waals surface area contributed by atoms with Gasteiger partial charge in [-0.15, -0.1) is 0 Å². The molecule has 4 rings (SSSR count). The number of nitrogens with one attached hydrogen (secondary N) is 1. The van der Waals surface area contributed by atoms with E-state index in [1.807, 2.05) is 35.2 Å². The van der Waals surface area contributed by atoms with Crippen LogP contribution in [0.15, 0.2) is 30.3 Å². The van der Waals surface area contributed by atoms with Gasteiger partial charge < -0.3 is 19.9 Å². The van der Waals surface area contributed by atoms with Crippen LogP contribution in [0.2, 0.25) is 0 Å². The Hall–Kier alpha value is -2.94. The number of morpholine rings is 1. The van der Waals surface area contributed by atoms with E-state index in [0.717, 1.165) is 10.5 Å². The molecular formula is C20H24N4O5. The number of rotatable bonds is 5. The highest BCUT2D eigenvalue weighted by Gasteiger charge is 2.52. The molecule has 9 heteroatoms. The lowest BCUT2D eigenvalue weighted by molar-refractivity contribution is -0.164. The third-order valence-electron chi connectivity index (χ3n) is 5.71. The van der Waals surface area contributed by atoms with Crippen molar-refractivity contribution in [1.82, 2.24) is 20.0 Å². The van der Waals surface area contributed by atoms with E-state index < -0.39 is 17.4 Å². The molecule has 0 unspecified atom stereocenters. The van der Waals surface area contributed by atoms with Crippen LogP contribution < -0.4 is 5.32 Å². The van der Waals surface area contributed by atoms with Gasteiger partial charge in [0.25, 0.3) is 5.91 Å². The molecule has 0 radical (unpaired) electrons. The monoisotopic (exact) mass is 400 g/mol. The Bertz CT molecular complexity index is 799. The number of amides is 5. The van der Waals surface area contributed by atoms with Gasteiger partial charge in [-0.05, 0) is 12.0 Å². The lowest BCUT2D eigenvalue weighted by Gasteiger charge is -2.51. The Morgan fingerprint density at radius 3 is 2.34 bits per heavy atom. The molecule has 3 aliphatic heterocycles. The van der Waals surface area contributed by atoms with E-state index >= 15 is 0 Å². The predicted octanol–water partition coefficient (Wildman–Crippen LogP) is -0.532. The number of carbonyl (C=O) groups excluding carboxylic acids is 4. The molecule has 29 heavy (non-hydrogen) atoms. The lowest BCUT2D eigenvalue weighted by atomic mass is 9.73. The summed E-state index contributed by atoms with van der Waals surface area (Å²) in [6.07, 6.45) is 0.539. The van der Waals surface area contributed by atoms with Crippen LogP contribution in [-0.4, -0.2) is 90.9 Å². The van der Waals surface area contributed by atoms with Gasteiger partial charge >= 0.3 is 6.03 Å². The standard InChI is InChI=1S/C20H24N4O5/c25-16-11-21-19(28)24(16)12-17(26)23-13-20(14-23,10-15-4-2-1-3-5-15)18(27)22-6-8-29-9-7-22/h1-5H,6-14H2,(H,21,28). The molecule has 0 spiro atoms. The largest absolute Gasteiger partial charge is 0.378 e. The molecule has 0 bridgehead atoms. The van der Waals surface area contributed by atoms with E-state index in [9.17, 15) is 19.2 Å². The molecule has 1 aromatic carbocycles. The molecule has 3 fully saturated rings. The van der Waals surface area contributed by atoms with E-state index in [-0.39, 0.29) is 38.0 Å². The highest BCUT2D eigenvalue weighted by atomic mass is 16.5. The molecule has 0 aliphatic carbocycles. The highest BCUT2D eigenvalue weighted by Crippen LogP contribution is 2.37. The summed E-state index contributed by atoms with van der Waals surface area (Å²) in [4.78, 5) is 53.6. The molecule has 1 N–H and O–H groups in total. The normalized spacial score (nSPS) is 21.0. The Morgan fingerprint density at radius 2 is 1.72 bits per heavy atom. The summed E-state index contributed by atoms with van der Waals surface area (Å²) in [6.45, 7) is 2.31. The first-order chi connectivity index (χ1) is 14.0. The highest BCUT2D eigenvalue weighted by molar-refractivity contribution is 6.04. The zero-order chi connectivity index (χ0) is 20.4. The van der Waals surface area contributed by atoms with Crippen LogP contribution in [-0.2, 0) is 25.5 Å². The fourth-order valence-electron chi connectivity index (χ4n) is 4.12. The maximum atomic E-state index is 13.3. The average molecular weight is 400 g/mol. The predicted molar refractivity (Wildman–Crippen MR) is 102 cm³/mol. The molecule has 0 atom stereocenters. The quantitative estimate of drug-likeness (QED) is 0.670. The average Bonchev–Trinajstić information content (AvgIpc) is 3.03. The van der Waals surface area contributed by atoms with Crippen molar-refractivity contribution in [2.24, 2.45) is 5.41 Å². The summed E-state index contributed by atoms with van der Waals surface area (Å²) in [6, 6.07) is 9.19. The van der Waals surface area contributed by atoms with Gasteiger partial charge in [0, 0.05) is 26.2 Å². The first kappa shape index (κ1) is 19.4. The summed E-state index contributed by atoms with van der Waals surface area (Å²) in [5.74, 6) is -0.707. The number of urea groups is 1. The van der Waals surface area contributed by atoms with E-state index in [1.54, 1.807) is 4.90 Å². The van der Waals surface area contributed by atoms with Crippen LogP contribution in [0.4, 0.5) is 4.79 Å². The number of hydrogen-bond donors (Lipinski definition) is 1. The van der Waals surface area contributed by atoms with Crippen LogP contribution in [0, 0.1) is 5.41 Å². The van der Waals surface area contributed by atoms with Gasteiger partial charge in [0.05, 0.1) is 25.2 Å². The summed E-state index contributed by atoms with van der Waals surface area (Å²) >= 11 is 0. The van der Waals surface area contributed by atoms with Crippen molar-refractivity contribution in [3.05, 3.63) is 35.9 Å². The molecule has 3 saturated heterocycles. The Kier molecular flexibility index (Phi) is 5.23. The first-order valence-corrected chi connectivity index (χ1v) is 9.75.